The predicted molar refractivity (Wildman–Crippen MR) is 70.3 cm³/mol. The zero-order valence-corrected chi connectivity index (χ0v) is 11.3. The van der Waals surface area contributed by atoms with E-state index in [-0.39, 0.29) is 11.7 Å². The van der Waals surface area contributed by atoms with E-state index in [0.29, 0.717) is 6.54 Å². The van der Waals surface area contributed by atoms with Crippen LogP contribution in [0.2, 0.25) is 0 Å². The van der Waals surface area contributed by atoms with Gasteiger partial charge >= 0.3 is 0 Å². The molecule has 6 heteroatoms. The van der Waals surface area contributed by atoms with Crippen LogP contribution in [0.25, 0.3) is 0 Å². The first-order valence-corrected chi connectivity index (χ1v) is 7.35. The molecule has 17 heavy (non-hydrogen) atoms. The fourth-order valence-electron chi connectivity index (χ4n) is 1.40. The number of aryl methyl sites for hydroxylation is 1. The van der Waals surface area contributed by atoms with Crippen molar-refractivity contribution in [1.29, 1.82) is 0 Å². The molecule has 1 amide bonds. The van der Waals surface area contributed by atoms with Crippen LogP contribution in [-0.2, 0) is 6.42 Å². The van der Waals surface area contributed by atoms with Gasteiger partial charge in [-0.2, -0.15) is 11.8 Å². The summed E-state index contributed by atoms with van der Waals surface area (Å²) < 4.78 is 0. The van der Waals surface area contributed by atoms with Gasteiger partial charge in [0.25, 0.3) is 5.91 Å². The molecule has 0 saturated carbocycles. The molecule has 0 bridgehead atoms. The molecule has 1 aromatic heterocycles. The van der Waals surface area contributed by atoms with Crippen molar-refractivity contribution in [1.82, 2.24) is 20.5 Å². The summed E-state index contributed by atoms with van der Waals surface area (Å²) in [5.41, 5.74) is 0. The average molecular weight is 256 g/mol. The number of hydrogen-bond acceptors (Lipinski definition) is 4. The zero-order chi connectivity index (χ0) is 12.5. The minimum Gasteiger partial charge on any atom is -0.349 e. The van der Waals surface area contributed by atoms with E-state index in [1.807, 2.05) is 11.8 Å². The van der Waals surface area contributed by atoms with Crippen LogP contribution in [0.1, 0.15) is 42.6 Å². The summed E-state index contributed by atoms with van der Waals surface area (Å²) in [4.78, 5) is 15.8. The number of nitrogens with zero attached hydrogens (tertiary/aromatic N) is 2. The van der Waals surface area contributed by atoms with Gasteiger partial charge in [0.1, 0.15) is 5.82 Å². The molecule has 1 heterocycles. The van der Waals surface area contributed by atoms with Gasteiger partial charge in [0.05, 0.1) is 0 Å². The number of thioether (sulfide) groups is 1. The second kappa shape index (κ2) is 8.11. The van der Waals surface area contributed by atoms with Gasteiger partial charge in [-0.1, -0.05) is 6.92 Å². The lowest BCUT2D eigenvalue weighted by molar-refractivity contribution is 0.0943. The van der Waals surface area contributed by atoms with Crippen molar-refractivity contribution in [3.63, 3.8) is 0 Å². The first kappa shape index (κ1) is 14.0. The Morgan fingerprint density at radius 2 is 2.29 bits per heavy atom. The van der Waals surface area contributed by atoms with E-state index in [1.54, 1.807) is 0 Å². The number of amides is 1. The highest BCUT2D eigenvalue weighted by Crippen LogP contribution is 1.99. The summed E-state index contributed by atoms with van der Waals surface area (Å²) in [5.74, 6) is 1.98. The maximum absolute atomic E-state index is 11.6. The second-order valence-corrected chi connectivity index (χ2v) is 4.80. The molecule has 0 fully saturated rings. The molecule has 0 aromatic carbocycles. The van der Waals surface area contributed by atoms with Crippen LogP contribution < -0.4 is 5.32 Å². The summed E-state index contributed by atoms with van der Waals surface area (Å²) in [6.45, 7) is 2.76. The molecule has 0 aliphatic rings. The van der Waals surface area contributed by atoms with Gasteiger partial charge in [-0.3, -0.25) is 9.89 Å². The molecule has 0 aliphatic carbocycles. The van der Waals surface area contributed by atoms with Gasteiger partial charge in [0.15, 0.2) is 0 Å². The Morgan fingerprint density at radius 1 is 1.47 bits per heavy atom. The van der Waals surface area contributed by atoms with Crippen LogP contribution in [0.5, 0.6) is 0 Å². The van der Waals surface area contributed by atoms with Crippen LogP contribution in [-0.4, -0.2) is 39.6 Å². The Labute approximate surface area is 106 Å². The SMILES string of the molecule is CCCc1nc(C(=O)NCCCCSC)n[nH]1. The van der Waals surface area contributed by atoms with Crippen molar-refractivity contribution in [2.45, 2.75) is 32.6 Å². The average Bonchev–Trinajstić information content (AvgIpc) is 2.78. The van der Waals surface area contributed by atoms with Crippen molar-refractivity contribution in [3.8, 4) is 0 Å². The molecule has 1 aromatic rings. The van der Waals surface area contributed by atoms with Crippen molar-refractivity contribution in [3.05, 3.63) is 11.6 Å². The summed E-state index contributed by atoms with van der Waals surface area (Å²) in [6.07, 6.45) is 6.02. The first-order chi connectivity index (χ1) is 8.27. The first-order valence-electron chi connectivity index (χ1n) is 5.96. The summed E-state index contributed by atoms with van der Waals surface area (Å²) in [7, 11) is 0. The smallest absolute Gasteiger partial charge is 0.290 e. The zero-order valence-electron chi connectivity index (χ0n) is 10.5. The molecule has 0 radical (unpaired) electrons. The molecular weight excluding hydrogens is 236 g/mol. The third kappa shape index (κ3) is 5.21. The van der Waals surface area contributed by atoms with Gasteiger partial charge in [-0.25, -0.2) is 4.98 Å². The minimum absolute atomic E-state index is 0.187. The maximum Gasteiger partial charge on any atom is 0.290 e. The minimum atomic E-state index is -0.187. The number of carbonyl (C=O) groups is 1. The molecule has 0 spiro atoms. The Hall–Kier alpha value is -1.04. The number of hydrogen-bond donors (Lipinski definition) is 2. The van der Waals surface area contributed by atoms with Crippen LogP contribution in [0, 0.1) is 0 Å². The van der Waals surface area contributed by atoms with Crippen molar-refractivity contribution < 1.29 is 4.79 Å². The predicted octanol–water partition coefficient (Wildman–Crippen LogP) is 1.63. The number of nitrogens with one attached hydrogen (secondary N) is 2. The molecule has 2 N–H and O–H groups in total. The number of aromatic amines is 1. The third-order valence-electron chi connectivity index (χ3n) is 2.28. The third-order valence-corrected chi connectivity index (χ3v) is 2.98. The summed E-state index contributed by atoms with van der Waals surface area (Å²) in [5, 5.41) is 9.49. The quantitative estimate of drug-likeness (QED) is 0.694. The monoisotopic (exact) mass is 256 g/mol. The van der Waals surface area contributed by atoms with E-state index in [1.165, 1.54) is 0 Å². The Balaban J connectivity index is 2.26. The van der Waals surface area contributed by atoms with Gasteiger partial charge in [-0.05, 0) is 31.3 Å². The number of rotatable bonds is 8. The molecule has 0 aliphatic heterocycles. The fourth-order valence-corrected chi connectivity index (χ4v) is 1.89. The molecule has 1 rings (SSSR count). The number of carbonyl (C=O) groups excluding carboxylic acids is 1. The van der Waals surface area contributed by atoms with E-state index >= 15 is 0 Å². The van der Waals surface area contributed by atoms with Crippen molar-refractivity contribution >= 4 is 17.7 Å². The number of H-pyrrole nitrogens is 1. The Bertz CT molecular complexity index is 340. The van der Waals surface area contributed by atoms with Gasteiger partial charge in [0, 0.05) is 13.0 Å². The largest absolute Gasteiger partial charge is 0.349 e. The van der Waals surface area contributed by atoms with Crippen LogP contribution in [0.15, 0.2) is 0 Å². The summed E-state index contributed by atoms with van der Waals surface area (Å²) >= 11 is 1.82. The van der Waals surface area contributed by atoms with E-state index in [0.717, 1.165) is 37.3 Å². The molecule has 0 atom stereocenters. The second-order valence-electron chi connectivity index (χ2n) is 3.81. The Morgan fingerprint density at radius 3 is 3.00 bits per heavy atom. The fraction of sp³-hybridized carbons (Fsp3) is 0.727. The molecule has 0 unspecified atom stereocenters. The highest BCUT2D eigenvalue weighted by atomic mass is 32.2. The van der Waals surface area contributed by atoms with E-state index in [2.05, 4.69) is 33.7 Å². The lowest BCUT2D eigenvalue weighted by Crippen LogP contribution is -2.25. The van der Waals surface area contributed by atoms with Gasteiger partial charge in [0.2, 0.25) is 5.82 Å². The number of unbranched alkanes of at least 4 members (excludes halogenated alkanes) is 1. The van der Waals surface area contributed by atoms with Gasteiger partial charge in [-0.15, -0.1) is 5.10 Å². The molecular formula is C11H20N4OS. The molecule has 0 saturated heterocycles. The van der Waals surface area contributed by atoms with E-state index < -0.39 is 0 Å². The van der Waals surface area contributed by atoms with Crippen molar-refractivity contribution in [2.24, 2.45) is 0 Å². The van der Waals surface area contributed by atoms with Crippen molar-refractivity contribution in [2.75, 3.05) is 18.6 Å². The molecule has 5 nitrogen and oxygen atoms in total. The topological polar surface area (TPSA) is 70.7 Å². The van der Waals surface area contributed by atoms with E-state index in [9.17, 15) is 4.79 Å². The standard InChI is InChI=1S/C11H20N4OS/c1-3-6-9-13-10(15-14-9)11(16)12-7-4-5-8-17-2/h3-8H2,1-2H3,(H,12,16)(H,13,14,15). The highest BCUT2D eigenvalue weighted by Gasteiger charge is 2.10. The van der Waals surface area contributed by atoms with Crippen LogP contribution >= 0.6 is 11.8 Å². The highest BCUT2D eigenvalue weighted by molar-refractivity contribution is 7.98. The molecule has 96 valence electrons. The lowest BCUT2D eigenvalue weighted by atomic mass is 10.3. The maximum atomic E-state index is 11.6. The summed E-state index contributed by atoms with van der Waals surface area (Å²) in [6, 6.07) is 0. The Kier molecular flexibility index (Phi) is 6.69. The van der Waals surface area contributed by atoms with Gasteiger partial charge < -0.3 is 5.32 Å². The lowest BCUT2D eigenvalue weighted by Gasteiger charge is -2.01. The van der Waals surface area contributed by atoms with Crippen LogP contribution in [0.4, 0.5) is 0 Å². The number of aromatic nitrogens is 3. The van der Waals surface area contributed by atoms with Crippen LogP contribution in [0.3, 0.4) is 0 Å². The normalized spacial score (nSPS) is 10.5. The van der Waals surface area contributed by atoms with E-state index in [4.69, 9.17) is 0 Å².